The largest absolute Gasteiger partial charge is 0.477 e. The van der Waals surface area contributed by atoms with Gasteiger partial charge in [-0.3, -0.25) is 14.0 Å². The normalized spacial score (nSPS) is 13.1. The summed E-state index contributed by atoms with van der Waals surface area (Å²) in [7, 11) is -2.51. The number of nitrogens with one attached hydrogen (secondary N) is 2. The predicted octanol–water partition coefficient (Wildman–Crippen LogP) is 7.16. The zero-order valence-corrected chi connectivity index (χ0v) is 28.0. The summed E-state index contributed by atoms with van der Waals surface area (Å²) < 4.78 is 54.9. The van der Waals surface area contributed by atoms with Crippen LogP contribution in [0.15, 0.2) is 114 Å². The van der Waals surface area contributed by atoms with Crippen LogP contribution in [0.4, 0.5) is 30.6 Å². The Morgan fingerprint density at radius 1 is 0.860 bits per heavy atom. The van der Waals surface area contributed by atoms with Gasteiger partial charge < -0.3 is 15.7 Å². The number of carboxylic acid groups (broad SMARTS) is 1. The fourth-order valence-corrected chi connectivity index (χ4v) is 6.65. The van der Waals surface area contributed by atoms with Gasteiger partial charge >= 0.3 is 17.9 Å². The topological polar surface area (TPSA) is 136 Å². The van der Waals surface area contributed by atoms with Crippen molar-refractivity contribution in [2.45, 2.75) is 43.0 Å². The minimum Gasteiger partial charge on any atom is -0.477 e. The predicted molar refractivity (Wildman–Crippen MR) is 188 cm³/mol. The van der Waals surface area contributed by atoms with E-state index in [0.29, 0.717) is 16.9 Å². The van der Waals surface area contributed by atoms with Crippen LogP contribution in [-0.2, 0) is 21.4 Å². The van der Waals surface area contributed by atoms with Crippen LogP contribution in [0.5, 0.6) is 0 Å². The minimum absolute atomic E-state index is 0.0201. The van der Waals surface area contributed by atoms with Crippen LogP contribution < -0.4 is 19.8 Å². The molecule has 50 heavy (non-hydrogen) atoms. The lowest BCUT2D eigenvalue weighted by Crippen LogP contribution is -2.42. The number of halogens is 2. The fraction of sp³-hybridized carbons (Fsp3) is 0.216. The molecule has 4 aromatic rings. The van der Waals surface area contributed by atoms with E-state index in [4.69, 9.17) is 5.11 Å². The molecule has 10 nitrogen and oxygen atoms in total. The van der Waals surface area contributed by atoms with Gasteiger partial charge in [0.2, 0.25) is 0 Å². The molecule has 1 aliphatic rings. The lowest BCUT2D eigenvalue weighted by atomic mass is 9.93. The summed E-state index contributed by atoms with van der Waals surface area (Å²) in [5, 5.41) is 13.3. The number of benzene rings is 4. The Morgan fingerprint density at radius 3 is 2.20 bits per heavy atom. The molecule has 0 aliphatic heterocycles. The smallest absolute Gasteiger partial charge is 0.376 e. The first-order valence-corrected chi connectivity index (χ1v) is 17.3. The number of hydrogen-bond donors (Lipinski definition) is 3. The Balaban J connectivity index is 1.38. The van der Waals surface area contributed by atoms with E-state index < -0.39 is 40.4 Å². The number of carboxylic acids is 1. The molecule has 3 amide bonds. The molecule has 0 fully saturated rings. The van der Waals surface area contributed by atoms with Gasteiger partial charge in [0.15, 0.2) is 0 Å². The first-order valence-electron chi connectivity index (χ1n) is 15.9. The van der Waals surface area contributed by atoms with Gasteiger partial charge in [-0.25, -0.2) is 18.0 Å². The third-order valence-electron chi connectivity index (χ3n) is 8.29. The van der Waals surface area contributed by atoms with Crippen molar-refractivity contribution >= 4 is 50.6 Å². The quantitative estimate of drug-likeness (QED) is 0.143. The molecule has 0 radical (unpaired) electrons. The first-order chi connectivity index (χ1) is 23.8. The standard InChI is InChI=1S/C37H36F2N4O6S/c1-42(31-12-6-3-7-13-31)50(48,49)33-14-8-11-30(23-33)41-36(47)43(32-21-19-28(20-22-32)27-9-4-2-5-10-27)24-26-15-17-29(18-16-26)34(44)40-25-37(38,39)35(45)46/h3,6-9,11-23H,2,4-5,10,24-25H2,1H3,(H,40,44)(H,41,47)(H,45,46). The summed E-state index contributed by atoms with van der Waals surface area (Å²) >= 11 is 0. The third-order valence-corrected chi connectivity index (χ3v) is 10.1. The number of sulfonamides is 1. The fourth-order valence-electron chi connectivity index (χ4n) is 5.41. The van der Waals surface area contributed by atoms with E-state index in [0.717, 1.165) is 35.6 Å². The minimum atomic E-state index is -4.12. The number of alkyl halides is 2. The zero-order chi connectivity index (χ0) is 35.9. The molecule has 3 N–H and O–H groups in total. The number of allylic oxidation sites excluding steroid dienone is 2. The molecule has 13 heteroatoms. The Kier molecular flexibility index (Phi) is 11.0. The highest BCUT2D eigenvalue weighted by Crippen LogP contribution is 2.30. The maximum absolute atomic E-state index is 13.9. The van der Waals surface area contributed by atoms with E-state index in [1.807, 2.05) is 29.6 Å². The molecule has 0 saturated heterocycles. The van der Waals surface area contributed by atoms with E-state index in [2.05, 4.69) is 11.4 Å². The number of urea groups is 1. The number of para-hydroxylation sites is 1. The Bertz CT molecular complexity index is 1990. The summed E-state index contributed by atoms with van der Waals surface area (Å²) in [6.07, 6.45) is 6.46. The van der Waals surface area contributed by atoms with Crippen molar-refractivity contribution in [3.05, 3.63) is 126 Å². The molecule has 4 aromatic carbocycles. The van der Waals surface area contributed by atoms with E-state index in [-0.39, 0.29) is 22.7 Å². The summed E-state index contributed by atoms with van der Waals surface area (Å²) in [6.45, 7) is -1.34. The lowest BCUT2D eigenvalue weighted by molar-refractivity contribution is -0.163. The number of nitrogens with zero attached hydrogens (tertiary/aromatic N) is 2. The van der Waals surface area contributed by atoms with E-state index in [9.17, 15) is 31.6 Å². The van der Waals surface area contributed by atoms with Gasteiger partial charge in [-0.15, -0.1) is 0 Å². The highest BCUT2D eigenvalue weighted by atomic mass is 32.2. The Labute approximate surface area is 289 Å². The molecular formula is C37H36F2N4O6S. The second-order valence-electron chi connectivity index (χ2n) is 11.8. The van der Waals surface area contributed by atoms with Crippen LogP contribution >= 0.6 is 0 Å². The van der Waals surface area contributed by atoms with Crippen molar-refractivity contribution in [2.24, 2.45) is 0 Å². The van der Waals surface area contributed by atoms with Gasteiger partial charge in [0.1, 0.15) is 0 Å². The number of aliphatic carboxylic acids is 1. The van der Waals surface area contributed by atoms with E-state index >= 15 is 0 Å². The van der Waals surface area contributed by atoms with Crippen molar-refractivity contribution in [1.29, 1.82) is 0 Å². The monoisotopic (exact) mass is 702 g/mol. The van der Waals surface area contributed by atoms with Crippen LogP contribution in [0.25, 0.3) is 5.57 Å². The van der Waals surface area contributed by atoms with Crippen molar-refractivity contribution in [2.75, 3.05) is 28.1 Å². The second-order valence-corrected chi connectivity index (χ2v) is 13.7. The summed E-state index contributed by atoms with van der Waals surface area (Å²) in [5.41, 5.74) is 4.18. The van der Waals surface area contributed by atoms with Crippen LogP contribution in [0, 0.1) is 0 Å². The Hall–Kier alpha value is -5.56. The number of hydrogen-bond acceptors (Lipinski definition) is 5. The number of amides is 3. The second kappa shape index (κ2) is 15.3. The molecule has 260 valence electrons. The lowest BCUT2D eigenvalue weighted by Gasteiger charge is -2.25. The van der Waals surface area contributed by atoms with Crippen molar-refractivity contribution in [1.82, 2.24) is 5.32 Å². The van der Waals surface area contributed by atoms with Crippen LogP contribution in [0.2, 0.25) is 0 Å². The average Bonchev–Trinajstić information content (AvgIpc) is 3.13. The molecule has 0 bridgehead atoms. The average molecular weight is 703 g/mol. The molecule has 0 spiro atoms. The maximum atomic E-state index is 13.9. The van der Waals surface area contributed by atoms with Gasteiger partial charge in [-0.2, -0.15) is 8.78 Å². The highest BCUT2D eigenvalue weighted by Gasteiger charge is 2.39. The number of anilines is 3. The van der Waals surface area contributed by atoms with Crippen molar-refractivity contribution < 1.29 is 36.7 Å². The molecule has 5 rings (SSSR count). The summed E-state index contributed by atoms with van der Waals surface area (Å²) in [5.74, 6) is -7.34. The summed E-state index contributed by atoms with van der Waals surface area (Å²) in [4.78, 5) is 38.4. The number of rotatable bonds is 12. The summed E-state index contributed by atoms with van der Waals surface area (Å²) in [6, 6.07) is 27.4. The van der Waals surface area contributed by atoms with Gasteiger partial charge in [-0.1, -0.05) is 54.6 Å². The highest BCUT2D eigenvalue weighted by molar-refractivity contribution is 7.92. The SMILES string of the molecule is CN(c1ccccc1)S(=O)(=O)c1cccc(NC(=O)N(Cc2ccc(C(=O)NCC(F)(F)C(=O)O)cc2)c2ccc(C3=CCCCC3)cc2)c1. The third kappa shape index (κ3) is 8.53. The molecule has 1 aliphatic carbocycles. The molecule has 0 aromatic heterocycles. The van der Waals surface area contributed by atoms with Crippen LogP contribution in [-0.4, -0.2) is 50.9 Å². The van der Waals surface area contributed by atoms with Crippen molar-refractivity contribution in [3.63, 3.8) is 0 Å². The Morgan fingerprint density at radius 2 is 1.56 bits per heavy atom. The first kappa shape index (κ1) is 35.7. The van der Waals surface area contributed by atoms with Crippen LogP contribution in [0.1, 0.15) is 47.2 Å². The van der Waals surface area contributed by atoms with Gasteiger partial charge in [-0.05, 0) is 97.0 Å². The molecule has 0 unspecified atom stereocenters. The van der Waals surface area contributed by atoms with Gasteiger partial charge in [0.05, 0.1) is 23.7 Å². The van der Waals surface area contributed by atoms with Crippen LogP contribution in [0.3, 0.4) is 0 Å². The zero-order valence-electron chi connectivity index (χ0n) is 27.2. The molecule has 0 saturated carbocycles. The molecular weight excluding hydrogens is 666 g/mol. The molecule has 0 atom stereocenters. The maximum Gasteiger partial charge on any atom is 0.376 e. The van der Waals surface area contributed by atoms with E-state index in [1.54, 1.807) is 48.5 Å². The van der Waals surface area contributed by atoms with Gasteiger partial charge in [0.25, 0.3) is 15.9 Å². The van der Waals surface area contributed by atoms with E-state index in [1.165, 1.54) is 47.9 Å². The molecule has 0 heterocycles. The van der Waals surface area contributed by atoms with Crippen molar-refractivity contribution in [3.8, 4) is 0 Å². The van der Waals surface area contributed by atoms with Gasteiger partial charge in [0, 0.05) is 24.0 Å². The number of carbonyl (C=O) groups is 3. The number of carbonyl (C=O) groups excluding carboxylic acids is 2.